The van der Waals surface area contributed by atoms with Gasteiger partial charge in [-0.3, -0.25) is 0 Å². The standard InChI is InChI=1S/C17H13F3N2O/c1-11-10-16(22-15-5-3-2-4-14(11)15)21-12-6-8-13(9-7-12)23-17(18,19)20/h2-10H,1H3,(H,21,22)/p+1. The second kappa shape index (κ2) is 5.79. The molecule has 0 aliphatic rings. The van der Waals surface area contributed by atoms with Crippen LogP contribution in [0.5, 0.6) is 5.75 Å². The fourth-order valence-electron chi connectivity index (χ4n) is 2.37. The maximum absolute atomic E-state index is 12.1. The van der Waals surface area contributed by atoms with Crippen LogP contribution in [-0.2, 0) is 0 Å². The fourth-order valence-corrected chi connectivity index (χ4v) is 2.37. The Labute approximate surface area is 130 Å². The first-order valence-corrected chi connectivity index (χ1v) is 6.95. The van der Waals surface area contributed by atoms with E-state index in [1.807, 2.05) is 37.3 Å². The van der Waals surface area contributed by atoms with Gasteiger partial charge in [-0.05, 0) is 42.8 Å². The Morgan fingerprint density at radius 2 is 1.70 bits per heavy atom. The van der Waals surface area contributed by atoms with Crippen molar-refractivity contribution < 1.29 is 22.9 Å². The molecule has 0 atom stereocenters. The molecule has 0 amide bonds. The van der Waals surface area contributed by atoms with Crippen molar-refractivity contribution in [2.75, 3.05) is 5.32 Å². The number of ether oxygens (including phenoxy) is 1. The quantitative estimate of drug-likeness (QED) is 0.765. The molecule has 0 fully saturated rings. The highest BCUT2D eigenvalue weighted by molar-refractivity contribution is 5.80. The van der Waals surface area contributed by atoms with E-state index in [0.717, 1.165) is 22.3 Å². The fraction of sp³-hybridized carbons (Fsp3) is 0.118. The molecule has 118 valence electrons. The summed E-state index contributed by atoms with van der Waals surface area (Å²) in [5.74, 6) is 0.507. The molecule has 6 heteroatoms. The van der Waals surface area contributed by atoms with E-state index in [1.54, 1.807) is 0 Å². The van der Waals surface area contributed by atoms with E-state index in [1.165, 1.54) is 24.3 Å². The van der Waals surface area contributed by atoms with Crippen molar-refractivity contribution in [1.82, 2.24) is 0 Å². The molecule has 0 saturated carbocycles. The number of H-pyrrole nitrogens is 1. The number of hydrogen-bond donors (Lipinski definition) is 1. The summed E-state index contributed by atoms with van der Waals surface area (Å²) in [5.41, 5.74) is 2.73. The topological polar surface area (TPSA) is 35.4 Å². The Morgan fingerprint density at radius 1 is 1.00 bits per heavy atom. The molecule has 0 radical (unpaired) electrons. The van der Waals surface area contributed by atoms with Gasteiger partial charge in [0.1, 0.15) is 17.0 Å². The van der Waals surface area contributed by atoms with Gasteiger partial charge in [0.2, 0.25) is 0 Å². The Hall–Kier alpha value is -2.76. The van der Waals surface area contributed by atoms with Crippen molar-refractivity contribution in [2.24, 2.45) is 0 Å². The molecule has 23 heavy (non-hydrogen) atoms. The predicted molar refractivity (Wildman–Crippen MR) is 81.6 cm³/mol. The first-order valence-electron chi connectivity index (χ1n) is 6.95. The summed E-state index contributed by atoms with van der Waals surface area (Å²) >= 11 is 0. The lowest BCUT2D eigenvalue weighted by atomic mass is 10.1. The minimum Gasteiger partial charge on any atom is -0.406 e. The van der Waals surface area contributed by atoms with Gasteiger partial charge in [0.25, 0.3) is 5.82 Å². The largest absolute Gasteiger partial charge is 0.573 e. The number of alkyl halides is 3. The average molecular weight is 319 g/mol. The molecule has 3 nitrogen and oxygen atoms in total. The number of aryl methyl sites for hydroxylation is 1. The number of halogens is 3. The number of anilines is 2. The van der Waals surface area contributed by atoms with E-state index in [0.29, 0.717) is 5.69 Å². The van der Waals surface area contributed by atoms with Crippen molar-refractivity contribution >= 4 is 22.4 Å². The number of aromatic nitrogens is 1. The Kier molecular flexibility index (Phi) is 3.82. The van der Waals surface area contributed by atoms with E-state index >= 15 is 0 Å². The molecule has 0 aliphatic carbocycles. The van der Waals surface area contributed by atoms with Crippen LogP contribution in [0.1, 0.15) is 5.56 Å². The molecule has 0 unspecified atom stereocenters. The highest BCUT2D eigenvalue weighted by Crippen LogP contribution is 2.25. The molecule has 0 bridgehead atoms. The third kappa shape index (κ3) is 3.71. The van der Waals surface area contributed by atoms with Crippen molar-refractivity contribution in [3.63, 3.8) is 0 Å². The SMILES string of the molecule is Cc1cc(Nc2ccc(OC(F)(F)F)cc2)[nH+]c2ccccc12. The van der Waals surface area contributed by atoms with Crippen LogP contribution >= 0.6 is 0 Å². The number of fused-ring (bicyclic) bond motifs is 1. The highest BCUT2D eigenvalue weighted by Gasteiger charge is 2.31. The third-order valence-corrected chi connectivity index (χ3v) is 3.35. The lowest BCUT2D eigenvalue weighted by molar-refractivity contribution is -0.326. The van der Waals surface area contributed by atoms with Crippen LogP contribution in [0.15, 0.2) is 54.6 Å². The molecule has 1 aromatic heterocycles. The number of benzene rings is 2. The van der Waals surface area contributed by atoms with Crippen LogP contribution in [0.25, 0.3) is 10.9 Å². The van der Waals surface area contributed by atoms with E-state index in [2.05, 4.69) is 15.0 Å². The molecule has 0 aliphatic heterocycles. The first kappa shape index (κ1) is 15.1. The summed E-state index contributed by atoms with van der Waals surface area (Å²) < 4.78 is 40.3. The van der Waals surface area contributed by atoms with Gasteiger partial charge in [0, 0.05) is 11.5 Å². The average Bonchev–Trinajstić information content (AvgIpc) is 2.48. The highest BCUT2D eigenvalue weighted by atomic mass is 19.4. The third-order valence-electron chi connectivity index (χ3n) is 3.35. The lowest BCUT2D eigenvalue weighted by Crippen LogP contribution is -2.17. The van der Waals surface area contributed by atoms with E-state index in [-0.39, 0.29) is 5.75 Å². The minimum absolute atomic E-state index is 0.248. The van der Waals surface area contributed by atoms with E-state index in [4.69, 9.17) is 0 Å². The number of pyridine rings is 1. The zero-order chi connectivity index (χ0) is 16.4. The van der Waals surface area contributed by atoms with Crippen molar-refractivity contribution in [2.45, 2.75) is 13.3 Å². The predicted octanol–water partition coefficient (Wildman–Crippen LogP) is 4.60. The molecule has 3 rings (SSSR count). The second-order valence-electron chi connectivity index (χ2n) is 5.11. The van der Waals surface area contributed by atoms with Gasteiger partial charge in [-0.2, -0.15) is 0 Å². The van der Waals surface area contributed by atoms with Crippen molar-refractivity contribution in [3.8, 4) is 5.75 Å². The summed E-state index contributed by atoms with van der Waals surface area (Å²) in [6.45, 7) is 2.00. The van der Waals surface area contributed by atoms with Gasteiger partial charge in [-0.1, -0.05) is 18.2 Å². The Bertz CT molecular complexity index is 829. The number of para-hydroxylation sites is 1. The lowest BCUT2D eigenvalue weighted by Gasteiger charge is -2.08. The van der Waals surface area contributed by atoms with E-state index in [9.17, 15) is 13.2 Å². The van der Waals surface area contributed by atoms with Crippen LogP contribution in [-0.4, -0.2) is 6.36 Å². The van der Waals surface area contributed by atoms with Crippen LogP contribution in [0.4, 0.5) is 24.7 Å². The summed E-state index contributed by atoms with van der Waals surface area (Å²) in [7, 11) is 0. The molecule has 1 heterocycles. The van der Waals surface area contributed by atoms with Crippen LogP contribution in [0, 0.1) is 6.92 Å². The van der Waals surface area contributed by atoms with Gasteiger partial charge < -0.3 is 4.74 Å². The molecular weight excluding hydrogens is 305 g/mol. The van der Waals surface area contributed by atoms with Gasteiger partial charge in [0.05, 0.1) is 0 Å². The summed E-state index contributed by atoms with van der Waals surface area (Å²) in [6.07, 6.45) is -4.68. The number of aromatic amines is 1. The zero-order valence-corrected chi connectivity index (χ0v) is 12.2. The first-order chi connectivity index (χ1) is 10.9. The second-order valence-corrected chi connectivity index (χ2v) is 5.11. The van der Waals surface area contributed by atoms with Gasteiger partial charge in [-0.25, -0.2) is 10.3 Å². The van der Waals surface area contributed by atoms with Crippen molar-refractivity contribution in [3.05, 3.63) is 60.2 Å². The number of rotatable bonds is 3. The molecular formula is C17H14F3N2O+. The maximum atomic E-state index is 12.1. The van der Waals surface area contributed by atoms with Crippen molar-refractivity contribution in [1.29, 1.82) is 0 Å². The maximum Gasteiger partial charge on any atom is 0.573 e. The monoisotopic (exact) mass is 319 g/mol. The smallest absolute Gasteiger partial charge is 0.406 e. The van der Waals surface area contributed by atoms with E-state index < -0.39 is 6.36 Å². The number of hydrogen-bond acceptors (Lipinski definition) is 2. The van der Waals surface area contributed by atoms with Gasteiger partial charge >= 0.3 is 6.36 Å². The zero-order valence-electron chi connectivity index (χ0n) is 12.2. The Balaban J connectivity index is 1.82. The normalized spacial score (nSPS) is 11.5. The van der Waals surface area contributed by atoms with Gasteiger partial charge in [-0.15, -0.1) is 13.2 Å². The molecule has 2 aromatic carbocycles. The molecule has 0 saturated heterocycles. The molecule has 0 spiro atoms. The van der Waals surface area contributed by atoms with Gasteiger partial charge in [0.15, 0.2) is 0 Å². The minimum atomic E-state index is -4.68. The Morgan fingerprint density at radius 3 is 2.39 bits per heavy atom. The summed E-state index contributed by atoms with van der Waals surface area (Å²) in [6, 6.07) is 15.4. The van der Waals surface area contributed by atoms with Crippen LogP contribution in [0.3, 0.4) is 0 Å². The van der Waals surface area contributed by atoms with Crippen LogP contribution < -0.4 is 15.0 Å². The summed E-state index contributed by atoms with van der Waals surface area (Å²) in [5, 5.41) is 4.25. The molecule has 2 N–H and O–H groups in total. The molecule has 3 aromatic rings. The number of nitrogens with one attached hydrogen (secondary N) is 2. The van der Waals surface area contributed by atoms with Crippen LogP contribution in [0.2, 0.25) is 0 Å². The summed E-state index contributed by atoms with van der Waals surface area (Å²) in [4.78, 5) is 3.25.